The molecule has 0 aromatic heterocycles. The Bertz CT molecular complexity index is 923. The van der Waals surface area contributed by atoms with Crippen molar-refractivity contribution >= 4 is 11.6 Å². The summed E-state index contributed by atoms with van der Waals surface area (Å²) in [7, 11) is 0. The van der Waals surface area contributed by atoms with E-state index in [0.717, 1.165) is 44.9 Å². The molecular formula is C31H48O2. The second-order valence-corrected chi connectivity index (χ2v) is 15.1. The number of allylic oxidation sites excluding steroid dienone is 2. The lowest BCUT2D eigenvalue weighted by Gasteiger charge is -2.70. The zero-order valence-corrected chi connectivity index (χ0v) is 22.7. The summed E-state index contributed by atoms with van der Waals surface area (Å²) in [5.41, 5.74) is 2.32. The summed E-state index contributed by atoms with van der Waals surface area (Å²) in [4.78, 5) is 26.1. The molecule has 0 radical (unpaired) electrons. The van der Waals surface area contributed by atoms with Gasteiger partial charge in [-0.05, 0) is 104 Å². The molecule has 0 aliphatic heterocycles. The number of ketones is 2. The van der Waals surface area contributed by atoms with E-state index < -0.39 is 0 Å². The lowest BCUT2D eigenvalue weighted by atomic mass is 9.33. The van der Waals surface area contributed by atoms with Crippen LogP contribution in [0.4, 0.5) is 0 Å². The molecule has 0 aromatic rings. The van der Waals surface area contributed by atoms with Crippen LogP contribution >= 0.6 is 0 Å². The highest BCUT2D eigenvalue weighted by atomic mass is 16.1. The second-order valence-electron chi connectivity index (χ2n) is 15.1. The van der Waals surface area contributed by atoms with Gasteiger partial charge in [0.2, 0.25) is 0 Å². The first kappa shape index (κ1) is 23.8. The highest BCUT2D eigenvalue weighted by Gasteiger charge is 2.68. The van der Waals surface area contributed by atoms with Crippen molar-refractivity contribution in [3.05, 3.63) is 11.6 Å². The molecule has 33 heavy (non-hydrogen) atoms. The third kappa shape index (κ3) is 2.85. The van der Waals surface area contributed by atoms with Crippen molar-refractivity contribution in [2.24, 2.45) is 50.2 Å². The number of Topliss-reactive ketones (excluding diaryl/α,β-unsaturated/α-hetero) is 2. The van der Waals surface area contributed by atoms with Crippen molar-refractivity contribution in [2.45, 2.75) is 120 Å². The Kier molecular flexibility index (Phi) is 4.94. The average Bonchev–Trinajstić information content (AvgIpc) is 2.71. The van der Waals surface area contributed by atoms with E-state index in [1.165, 1.54) is 19.3 Å². The third-order valence-corrected chi connectivity index (χ3v) is 13.1. The van der Waals surface area contributed by atoms with E-state index in [4.69, 9.17) is 0 Å². The average molecular weight is 453 g/mol. The largest absolute Gasteiger partial charge is 0.299 e. The maximum atomic E-state index is 13.2. The molecule has 0 saturated heterocycles. The fourth-order valence-corrected chi connectivity index (χ4v) is 10.7. The molecule has 0 spiro atoms. The number of carbonyl (C=O) groups is 2. The van der Waals surface area contributed by atoms with Gasteiger partial charge in [0.15, 0.2) is 0 Å². The number of fused-ring (bicyclic) bond motifs is 7. The molecular weight excluding hydrogens is 404 g/mol. The number of rotatable bonds is 1. The maximum Gasteiger partial charge on any atom is 0.138 e. The number of hydrogen-bond donors (Lipinski definition) is 0. The molecule has 2 heteroatoms. The van der Waals surface area contributed by atoms with Crippen molar-refractivity contribution in [2.75, 3.05) is 0 Å². The fourth-order valence-electron chi connectivity index (χ4n) is 10.7. The van der Waals surface area contributed by atoms with Gasteiger partial charge in [0.05, 0.1) is 0 Å². The minimum absolute atomic E-state index is 0.121. The van der Waals surface area contributed by atoms with E-state index >= 15 is 0 Å². The van der Waals surface area contributed by atoms with Crippen molar-refractivity contribution in [3.63, 3.8) is 0 Å². The van der Waals surface area contributed by atoms with E-state index in [2.05, 4.69) is 54.5 Å². The summed E-state index contributed by atoms with van der Waals surface area (Å²) in [5.74, 6) is 2.48. The summed E-state index contributed by atoms with van der Waals surface area (Å²) in [6, 6.07) is 0. The van der Waals surface area contributed by atoms with E-state index in [1.807, 2.05) is 6.92 Å². The van der Waals surface area contributed by atoms with Crippen molar-refractivity contribution in [1.29, 1.82) is 0 Å². The minimum atomic E-state index is -0.191. The van der Waals surface area contributed by atoms with Crippen LogP contribution in [0.25, 0.3) is 0 Å². The van der Waals surface area contributed by atoms with E-state index in [9.17, 15) is 9.59 Å². The van der Waals surface area contributed by atoms with Crippen LogP contribution in [0.15, 0.2) is 11.6 Å². The molecule has 2 nitrogen and oxygen atoms in total. The summed E-state index contributed by atoms with van der Waals surface area (Å²) >= 11 is 0. The maximum absolute atomic E-state index is 13.2. The lowest BCUT2D eigenvalue weighted by molar-refractivity contribution is -0.185. The monoisotopic (exact) mass is 452 g/mol. The first-order valence-electron chi connectivity index (χ1n) is 13.9. The molecule has 4 saturated carbocycles. The first-order chi connectivity index (χ1) is 15.1. The van der Waals surface area contributed by atoms with E-state index in [0.29, 0.717) is 34.7 Å². The second kappa shape index (κ2) is 6.85. The third-order valence-electron chi connectivity index (χ3n) is 13.1. The van der Waals surface area contributed by atoms with Crippen LogP contribution in [0, 0.1) is 50.2 Å². The zero-order valence-electron chi connectivity index (χ0n) is 22.7. The van der Waals surface area contributed by atoms with Crippen molar-refractivity contribution < 1.29 is 9.59 Å². The van der Waals surface area contributed by atoms with E-state index in [-0.39, 0.29) is 27.1 Å². The Morgan fingerprint density at radius 3 is 2.21 bits per heavy atom. The van der Waals surface area contributed by atoms with Gasteiger partial charge in [-0.3, -0.25) is 9.59 Å². The molecule has 0 bridgehead atoms. The predicted molar refractivity (Wildman–Crippen MR) is 135 cm³/mol. The van der Waals surface area contributed by atoms with Gasteiger partial charge in [0.25, 0.3) is 0 Å². The standard InChI is InChI=1S/C31H48O2/c1-20(32)31-17-15-26(2,3)19-22(31)21-9-10-24-28(6)13-12-25(33)27(4,5)23(28)11-14-30(24,8)29(21,7)16-18-31/h9,22-24H,10-19H2,1-8H3/t22?,23?,24?,28-,29+,30+,31+/m0/s1. The Hall–Kier alpha value is -0.920. The Labute approximate surface area is 202 Å². The van der Waals surface area contributed by atoms with Crippen LogP contribution in [0.3, 0.4) is 0 Å². The minimum Gasteiger partial charge on any atom is -0.299 e. The summed E-state index contributed by atoms with van der Waals surface area (Å²) < 4.78 is 0. The van der Waals surface area contributed by atoms with Gasteiger partial charge in [0, 0.05) is 17.3 Å². The van der Waals surface area contributed by atoms with Crippen LogP contribution in [0.5, 0.6) is 0 Å². The van der Waals surface area contributed by atoms with Crippen molar-refractivity contribution in [3.8, 4) is 0 Å². The predicted octanol–water partition coefficient (Wildman–Crippen LogP) is 7.95. The van der Waals surface area contributed by atoms with Gasteiger partial charge in [-0.15, -0.1) is 0 Å². The zero-order chi connectivity index (χ0) is 24.2. The Morgan fingerprint density at radius 2 is 1.55 bits per heavy atom. The molecule has 4 fully saturated rings. The van der Waals surface area contributed by atoms with Gasteiger partial charge in [-0.25, -0.2) is 0 Å². The van der Waals surface area contributed by atoms with Crippen LogP contribution in [0.2, 0.25) is 0 Å². The van der Waals surface area contributed by atoms with Crippen LogP contribution < -0.4 is 0 Å². The Morgan fingerprint density at radius 1 is 0.879 bits per heavy atom. The van der Waals surface area contributed by atoms with Crippen molar-refractivity contribution in [1.82, 2.24) is 0 Å². The SMILES string of the molecule is CC(=O)[C@]12CCC(C)(C)CC1C1=CCC3[C@@]4(C)CCC(=O)C(C)(C)C4CC[C@@]3(C)[C@]1(C)CC2. The molecule has 5 rings (SSSR count). The van der Waals surface area contributed by atoms with Gasteiger partial charge in [-0.2, -0.15) is 0 Å². The van der Waals surface area contributed by atoms with Gasteiger partial charge in [-0.1, -0.05) is 60.1 Å². The molecule has 184 valence electrons. The Balaban J connectivity index is 1.60. The van der Waals surface area contributed by atoms with Crippen LogP contribution in [-0.4, -0.2) is 11.6 Å². The fraction of sp³-hybridized carbons (Fsp3) is 0.871. The highest BCUT2D eigenvalue weighted by Crippen LogP contribution is 2.75. The highest BCUT2D eigenvalue weighted by molar-refractivity contribution is 5.85. The summed E-state index contributed by atoms with van der Waals surface area (Å²) in [5, 5.41) is 0. The number of hydrogen-bond acceptors (Lipinski definition) is 2. The molecule has 0 amide bonds. The van der Waals surface area contributed by atoms with Gasteiger partial charge >= 0.3 is 0 Å². The van der Waals surface area contributed by atoms with Gasteiger partial charge in [0.1, 0.15) is 11.6 Å². The molecule has 7 atom stereocenters. The number of carbonyl (C=O) groups excluding carboxylic acids is 2. The molecule has 0 heterocycles. The van der Waals surface area contributed by atoms with Crippen LogP contribution in [-0.2, 0) is 9.59 Å². The van der Waals surface area contributed by atoms with Gasteiger partial charge < -0.3 is 0 Å². The summed E-state index contributed by atoms with van der Waals surface area (Å²) in [6.07, 6.45) is 13.7. The molecule has 5 aliphatic rings. The smallest absolute Gasteiger partial charge is 0.138 e. The van der Waals surface area contributed by atoms with Crippen LogP contribution in [0.1, 0.15) is 120 Å². The summed E-state index contributed by atoms with van der Waals surface area (Å²) in [6.45, 7) is 18.9. The quantitative estimate of drug-likeness (QED) is 0.378. The molecule has 5 aliphatic carbocycles. The lowest BCUT2D eigenvalue weighted by Crippen LogP contribution is -2.64. The molecule has 3 unspecified atom stereocenters. The first-order valence-corrected chi connectivity index (χ1v) is 13.9. The normalized spacial score (nSPS) is 50.2. The topological polar surface area (TPSA) is 34.1 Å². The van der Waals surface area contributed by atoms with E-state index in [1.54, 1.807) is 5.57 Å². The molecule has 0 aromatic carbocycles. The molecule has 0 N–H and O–H groups in total.